The molecule has 0 radical (unpaired) electrons. The molecule has 2 heterocycles. The number of anilines is 1. The van der Waals surface area contributed by atoms with Gasteiger partial charge >= 0.3 is 5.97 Å². The fourth-order valence-electron chi connectivity index (χ4n) is 3.78. The Kier molecular flexibility index (Phi) is 8.63. The first-order chi connectivity index (χ1) is 15.0. The minimum Gasteiger partial charge on any atom is -0.465 e. The molecule has 1 fully saturated rings. The second kappa shape index (κ2) is 11.4. The molecule has 1 aliphatic rings. The largest absolute Gasteiger partial charge is 0.465 e. The molecule has 1 aromatic heterocycles. The fraction of sp³-hybridized carbons (Fsp3) is 0.500. The van der Waals surface area contributed by atoms with E-state index in [1.165, 1.54) is 18.4 Å². The predicted octanol–water partition coefficient (Wildman–Crippen LogP) is 4.86. The Labute approximate surface area is 187 Å². The number of amides is 1. The number of aliphatic hydroxyl groups is 1. The zero-order valence-corrected chi connectivity index (χ0v) is 19.0. The number of carbonyl (C=O) groups is 2. The first-order valence-electron chi connectivity index (χ1n) is 10.9. The maximum atomic E-state index is 12.4. The van der Waals surface area contributed by atoms with Gasteiger partial charge in [0.2, 0.25) is 0 Å². The molecule has 2 atom stereocenters. The highest BCUT2D eigenvalue weighted by molar-refractivity contribution is 7.13. The fourth-order valence-corrected chi connectivity index (χ4v) is 4.75. The van der Waals surface area contributed by atoms with Gasteiger partial charge in [0, 0.05) is 10.6 Å². The quantitative estimate of drug-likeness (QED) is 0.395. The molecule has 6 nitrogen and oxygen atoms in total. The highest BCUT2D eigenvalue weighted by atomic mass is 32.1. The Balaban J connectivity index is 1.55. The number of methoxy groups -OCH3 is 1. The van der Waals surface area contributed by atoms with Crippen molar-refractivity contribution < 1.29 is 24.2 Å². The van der Waals surface area contributed by atoms with Gasteiger partial charge in [-0.15, -0.1) is 11.3 Å². The highest BCUT2D eigenvalue weighted by Crippen LogP contribution is 2.29. The van der Waals surface area contributed by atoms with Crippen LogP contribution in [0.4, 0.5) is 5.69 Å². The molecule has 1 amide bonds. The van der Waals surface area contributed by atoms with Crippen molar-refractivity contribution in [2.24, 2.45) is 0 Å². The molecule has 0 aliphatic carbocycles. The van der Waals surface area contributed by atoms with Crippen LogP contribution in [-0.4, -0.2) is 36.9 Å². The Morgan fingerprint density at radius 1 is 1.23 bits per heavy atom. The Morgan fingerprint density at radius 3 is 2.71 bits per heavy atom. The van der Waals surface area contributed by atoms with Crippen molar-refractivity contribution in [1.29, 1.82) is 0 Å². The monoisotopic (exact) mass is 445 g/mol. The minimum atomic E-state index is -0.470. The lowest BCUT2D eigenvalue weighted by atomic mass is 10.0. The van der Waals surface area contributed by atoms with E-state index >= 15 is 0 Å². The highest BCUT2D eigenvalue weighted by Gasteiger charge is 2.32. The molecular formula is C24H31NO5S. The summed E-state index contributed by atoms with van der Waals surface area (Å²) < 4.78 is 10.5. The lowest BCUT2D eigenvalue weighted by Crippen LogP contribution is -2.33. The first kappa shape index (κ1) is 23.4. The number of unbranched alkanes of at least 4 members (excludes halogenated alkanes) is 2. The second-order valence-electron chi connectivity index (χ2n) is 7.78. The summed E-state index contributed by atoms with van der Waals surface area (Å²) >= 11 is 1.44. The average molecular weight is 446 g/mol. The van der Waals surface area contributed by atoms with Crippen LogP contribution < -0.4 is 4.90 Å². The van der Waals surface area contributed by atoms with Crippen LogP contribution >= 0.6 is 11.3 Å². The number of ether oxygens (including phenoxy) is 2. The van der Waals surface area contributed by atoms with Gasteiger partial charge in [0.05, 0.1) is 13.2 Å². The van der Waals surface area contributed by atoms with Crippen molar-refractivity contribution in [2.45, 2.75) is 64.2 Å². The lowest BCUT2D eigenvalue weighted by Gasteiger charge is -2.23. The van der Waals surface area contributed by atoms with Crippen LogP contribution in [0.1, 0.15) is 71.7 Å². The van der Waals surface area contributed by atoms with Gasteiger partial charge < -0.3 is 14.6 Å². The maximum Gasteiger partial charge on any atom is 0.348 e. The SMILES string of the molecule is CCCCCC(O)c1ccc(N2C(=O)CO[C@@H]2CCCc2ccc(C(=O)OC)s2)cc1. The maximum absolute atomic E-state index is 12.4. The van der Waals surface area contributed by atoms with Gasteiger partial charge in [0.1, 0.15) is 17.7 Å². The summed E-state index contributed by atoms with van der Waals surface area (Å²) in [7, 11) is 1.38. The summed E-state index contributed by atoms with van der Waals surface area (Å²) in [6.45, 7) is 2.23. The van der Waals surface area contributed by atoms with Crippen LogP contribution in [-0.2, 0) is 20.7 Å². The zero-order valence-electron chi connectivity index (χ0n) is 18.2. The molecule has 0 saturated carbocycles. The first-order valence-corrected chi connectivity index (χ1v) is 11.7. The van der Waals surface area contributed by atoms with E-state index in [0.717, 1.165) is 54.7 Å². The van der Waals surface area contributed by atoms with Crippen molar-refractivity contribution in [3.8, 4) is 0 Å². The number of rotatable bonds is 11. The number of hydrogen-bond acceptors (Lipinski definition) is 6. The summed E-state index contributed by atoms with van der Waals surface area (Å²) in [4.78, 5) is 27.4. The summed E-state index contributed by atoms with van der Waals surface area (Å²) in [6.07, 6.45) is 5.59. The number of hydrogen-bond donors (Lipinski definition) is 1. The normalized spacial score (nSPS) is 17.2. The van der Waals surface area contributed by atoms with Gasteiger partial charge in [-0.1, -0.05) is 38.3 Å². The number of aryl methyl sites for hydroxylation is 1. The van der Waals surface area contributed by atoms with E-state index in [9.17, 15) is 14.7 Å². The van der Waals surface area contributed by atoms with Gasteiger partial charge in [-0.2, -0.15) is 0 Å². The second-order valence-corrected chi connectivity index (χ2v) is 8.95. The number of benzene rings is 1. The Morgan fingerprint density at radius 2 is 2.00 bits per heavy atom. The molecule has 1 unspecified atom stereocenters. The van der Waals surface area contributed by atoms with Crippen LogP contribution in [0.2, 0.25) is 0 Å². The molecule has 0 spiro atoms. The van der Waals surface area contributed by atoms with Crippen molar-refractivity contribution in [3.05, 3.63) is 51.7 Å². The van der Waals surface area contributed by atoms with Gasteiger partial charge in [-0.25, -0.2) is 4.79 Å². The van der Waals surface area contributed by atoms with Crippen molar-refractivity contribution in [3.63, 3.8) is 0 Å². The number of aliphatic hydroxyl groups excluding tert-OH is 1. The molecule has 7 heteroatoms. The minimum absolute atomic E-state index is 0.0506. The van der Waals surface area contributed by atoms with E-state index in [0.29, 0.717) is 11.3 Å². The molecule has 1 aromatic carbocycles. The smallest absolute Gasteiger partial charge is 0.348 e. The van der Waals surface area contributed by atoms with E-state index in [2.05, 4.69) is 6.92 Å². The molecule has 2 aromatic rings. The van der Waals surface area contributed by atoms with Gasteiger partial charge in [0.25, 0.3) is 5.91 Å². The van der Waals surface area contributed by atoms with Gasteiger partial charge in [0.15, 0.2) is 0 Å². The summed E-state index contributed by atoms with van der Waals surface area (Å²) in [5.74, 6) is -0.364. The van der Waals surface area contributed by atoms with E-state index < -0.39 is 6.10 Å². The van der Waals surface area contributed by atoms with E-state index in [-0.39, 0.29) is 24.7 Å². The third-order valence-corrected chi connectivity index (χ3v) is 6.64. The Bertz CT molecular complexity index is 863. The standard InChI is InChI=1S/C24H31NO5S/c1-3-4-5-8-20(26)17-10-12-18(13-11-17)25-22(27)16-30-23(25)9-6-7-19-14-15-21(31-19)24(28)29-2/h10-15,20,23,26H,3-9,16H2,1-2H3/t20?,23-/m1/s1. The van der Waals surface area contributed by atoms with Gasteiger partial charge in [-0.3, -0.25) is 9.69 Å². The molecule has 1 N–H and O–H groups in total. The number of thiophene rings is 1. The lowest BCUT2D eigenvalue weighted by molar-refractivity contribution is -0.117. The topological polar surface area (TPSA) is 76.1 Å². The van der Waals surface area contributed by atoms with Crippen molar-refractivity contribution >= 4 is 28.9 Å². The zero-order chi connectivity index (χ0) is 22.2. The molecule has 3 rings (SSSR count). The van der Waals surface area contributed by atoms with Gasteiger partial charge in [-0.05, 0) is 55.5 Å². The Hall–Kier alpha value is -2.22. The van der Waals surface area contributed by atoms with Crippen molar-refractivity contribution in [1.82, 2.24) is 0 Å². The number of nitrogens with zero attached hydrogens (tertiary/aromatic N) is 1. The van der Waals surface area contributed by atoms with E-state index in [1.54, 1.807) is 11.0 Å². The summed E-state index contributed by atoms with van der Waals surface area (Å²) in [5, 5.41) is 10.4. The van der Waals surface area contributed by atoms with Crippen LogP contribution in [0.25, 0.3) is 0 Å². The predicted molar refractivity (Wildman–Crippen MR) is 121 cm³/mol. The summed E-state index contributed by atoms with van der Waals surface area (Å²) in [6, 6.07) is 11.3. The molecule has 1 saturated heterocycles. The third-order valence-electron chi connectivity index (χ3n) is 5.52. The van der Waals surface area contributed by atoms with Crippen LogP contribution in [0, 0.1) is 0 Å². The van der Waals surface area contributed by atoms with E-state index in [1.807, 2.05) is 30.3 Å². The third kappa shape index (κ3) is 6.15. The molecule has 1 aliphatic heterocycles. The van der Waals surface area contributed by atoms with Crippen LogP contribution in [0.5, 0.6) is 0 Å². The number of esters is 1. The molecule has 31 heavy (non-hydrogen) atoms. The van der Waals surface area contributed by atoms with E-state index in [4.69, 9.17) is 9.47 Å². The number of carbonyl (C=O) groups excluding carboxylic acids is 2. The average Bonchev–Trinajstić information content (AvgIpc) is 3.40. The summed E-state index contributed by atoms with van der Waals surface area (Å²) in [5.41, 5.74) is 1.67. The van der Waals surface area contributed by atoms with Crippen molar-refractivity contribution in [2.75, 3.05) is 18.6 Å². The molecular weight excluding hydrogens is 414 g/mol. The van der Waals surface area contributed by atoms with Crippen LogP contribution in [0.15, 0.2) is 36.4 Å². The van der Waals surface area contributed by atoms with Crippen LogP contribution in [0.3, 0.4) is 0 Å². The molecule has 0 bridgehead atoms. The molecule has 168 valence electrons.